The van der Waals surface area contributed by atoms with Crippen LogP contribution >= 0.6 is 12.4 Å². The van der Waals surface area contributed by atoms with Gasteiger partial charge in [-0.2, -0.15) is 4.31 Å². The third kappa shape index (κ3) is 4.28. The monoisotopic (exact) mass is 398 g/mol. The van der Waals surface area contributed by atoms with E-state index in [0.717, 1.165) is 17.8 Å². The molecule has 1 saturated heterocycles. The number of rotatable bonds is 5. The van der Waals surface area contributed by atoms with E-state index < -0.39 is 10.0 Å². The molecule has 1 aromatic carbocycles. The summed E-state index contributed by atoms with van der Waals surface area (Å²) in [5, 5.41) is 3.28. The normalized spacial score (nSPS) is 18.7. The molecule has 0 radical (unpaired) electrons. The molecule has 0 saturated carbocycles. The van der Waals surface area contributed by atoms with Gasteiger partial charge in [0.2, 0.25) is 10.0 Å². The van der Waals surface area contributed by atoms with E-state index in [2.05, 4.69) is 24.1 Å². The fraction of sp³-hybridized carbons (Fsp3) is 0.500. The van der Waals surface area contributed by atoms with Crippen LogP contribution in [0.2, 0.25) is 0 Å². The zero-order valence-electron chi connectivity index (χ0n) is 15.4. The van der Waals surface area contributed by atoms with Crippen LogP contribution in [-0.2, 0) is 23.5 Å². The standard InChI is InChI=1S/C18H26N4O2S.ClH/c1-14(2)12-15-4-6-16(7-5-15)25(23,24)22-11-8-19-13-17(22)18-20-9-10-21(18)3;/h4-7,9-10,14,17,19H,8,11-13H2,1-3H3;1H. The van der Waals surface area contributed by atoms with E-state index in [1.807, 2.05) is 29.9 Å². The lowest BCUT2D eigenvalue weighted by atomic mass is 10.0. The number of hydrogen-bond acceptors (Lipinski definition) is 4. The number of halogens is 1. The number of nitrogens with zero attached hydrogens (tertiary/aromatic N) is 3. The molecule has 2 heterocycles. The van der Waals surface area contributed by atoms with Gasteiger partial charge in [0.15, 0.2) is 0 Å². The van der Waals surface area contributed by atoms with E-state index in [-0.39, 0.29) is 18.4 Å². The summed E-state index contributed by atoms with van der Waals surface area (Å²) < 4.78 is 29.9. The summed E-state index contributed by atoms with van der Waals surface area (Å²) in [7, 11) is -1.67. The van der Waals surface area contributed by atoms with Gasteiger partial charge in [0.25, 0.3) is 0 Å². The van der Waals surface area contributed by atoms with E-state index in [4.69, 9.17) is 0 Å². The van der Waals surface area contributed by atoms with E-state index >= 15 is 0 Å². The van der Waals surface area contributed by atoms with Crippen LogP contribution in [0.25, 0.3) is 0 Å². The molecule has 0 amide bonds. The Balaban J connectivity index is 0.00000243. The summed E-state index contributed by atoms with van der Waals surface area (Å²) in [6, 6.07) is 7.00. The molecule has 0 aliphatic carbocycles. The number of aryl methyl sites for hydroxylation is 1. The summed E-state index contributed by atoms with van der Waals surface area (Å²) >= 11 is 0. The van der Waals surface area contributed by atoms with Crippen molar-refractivity contribution in [2.75, 3.05) is 19.6 Å². The number of piperazine rings is 1. The molecule has 8 heteroatoms. The lowest BCUT2D eigenvalue weighted by Gasteiger charge is -2.34. The summed E-state index contributed by atoms with van der Waals surface area (Å²) in [5.74, 6) is 1.30. The van der Waals surface area contributed by atoms with E-state index in [1.54, 1.807) is 22.6 Å². The Hall–Kier alpha value is -1.41. The number of benzene rings is 1. The van der Waals surface area contributed by atoms with Gasteiger partial charge in [-0.1, -0.05) is 26.0 Å². The van der Waals surface area contributed by atoms with Crippen molar-refractivity contribution in [3.05, 3.63) is 48.0 Å². The third-order valence-corrected chi connectivity index (χ3v) is 6.45. The number of sulfonamides is 1. The Morgan fingerprint density at radius 3 is 2.54 bits per heavy atom. The fourth-order valence-electron chi connectivity index (χ4n) is 3.30. The molecule has 1 aromatic heterocycles. The topological polar surface area (TPSA) is 67.2 Å². The molecular formula is C18H27ClN4O2S. The average molecular weight is 399 g/mol. The summed E-state index contributed by atoms with van der Waals surface area (Å²) in [5.41, 5.74) is 1.16. The van der Waals surface area contributed by atoms with E-state index in [9.17, 15) is 8.42 Å². The second-order valence-corrected chi connectivity index (χ2v) is 8.86. The van der Waals surface area contributed by atoms with Gasteiger partial charge >= 0.3 is 0 Å². The first-order valence-electron chi connectivity index (χ1n) is 8.68. The first kappa shape index (κ1) is 20.9. The third-order valence-electron chi connectivity index (χ3n) is 4.52. The van der Waals surface area contributed by atoms with Gasteiger partial charge in [0, 0.05) is 39.1 Å². The van der Waals surface area contributed by atoms with Gasteiger partial charge in [-0.05, 0) is 30.0 Å². The van der Waals surface area contributed by atoms with Crippen molar-refractivity contribution in [2.24, 2.45) is 13.0 Å². The lowest BCUT2D eigenvalue weighted by Crippen LogP contribution is -2.49. The summed E-state index contributed by atoms with van der Waals surface area (Å²) in [6.45, 7) is 5.96. The predicted molar refractivity (Wildman–Crippen MR) is 105 cm³/mol. The number of aromatic nitrogens is 2. The van der Waals surface area contributed by atoms with Gasteiger partial charge in [-0.25, -0.2) is 13.4 Å². The van der Waals surface area contributed by atoms with E-state index in [0.29, 0.717) is 30.4 Å². The van der Waals surface area contributed by atoms with Crippen LogP contribution in [0.5, 0.6) is 0 Å². The summed E-state index contributed by atoms with van der Waals surface area (Å²) in [4.78, 5) is 4.71. The van der Waals surface area contributed by atoms with Crippen molar-refractivity contribution >= 4 is 22.4 Å². The maximum Gasteiger partial charge on any atom is 0.243 e. The molecule has 1 atom stereocenters. The Kier molecular flexibility index (Phi) is 6.85. The smallest absolute Gasteiger partial charge is 0.243 e. The molecule has 1 aliphatic rings. The van der Waals surface area contributed by atoms with Gasteiger partial charge < -0.3 is 9.88 Å². The molecule has 2 aromatic rings. The molecule has 26 heavy (non-hydrogen) atoms. The van der Waals surface area contributed by atoms with Gasteiger partial charge in [0.05, 0.1) is 10.9 Å². The molecule has 1 aliphatic heterocycles. The van der Waals surface area contributed by atoms with Gasteiger partial charge in [0.1, 0.15) is 5.82 Å². The van der Waals surface area contributed by atoms with Crippen LogP contribution in [0.1, 0.15) is 31.3 Å². The van der Waals surface area contributed by atoms with Crippen LogP contribution in [0, 0.1) is 5.92 Å². The minimum Gasteiger partial charge on any atom is -0.337 e. The second kappa shape index (κ2) is 8.52. The Labute approximate surface area is 162 Å². The molecule has 1 unspecified atom stereocenters. The Morgan fingerprint density at radius 1 is 1.27 bits per heavy atom. The highest BCUT2D eigenvalue weighted by atomic mass is 35.5. The Morgan fingerprint density at radius 2 is 1.96 bits per heavy atom. The molecule has 6 nitrogen and oxygen atoms in total. The van der Waals surface area contributed by atoms with Crippen molar-refractivity contribution in [3.8, 4) is 0 Å². The first-order chi connectivity index (χ1) is 11.9. The minimum atomic E-state index is -3.56. The molecule has 1 fully saturated rings. The van der Waals surface area contributed by atoms with Crippen LogP contribution in [0.3, 0.4) is 0 Å². The molecule has 0 spiro atoms. The average Bonchev–Trinajstić information content (AvgIpc) is 3.01. The van der Waals surface area contributed by atoms with Gasteiger partial charge in [-0.15, -0.1) is 12.4 Å². The molecule has 1 N–H and O–H groups in total. The maximum absolute atomic E-state index is 13.2. The van der Waals surface area contributed by atoms with Crippen LogP contribution < -0.4 is 5.32 Å². The van der Waals surface area contributed by atoms with Crippen molar-refractivity contribution in [1.82, 2.24) is 19.2 Å². The predicted octanol–water partition coefficient (Wildman–Crippen LogP) is 2.38. The molecule has 0 bridgehead atoms. The van der Waals surface area contributed by atoms with Gasteiger partial charge in [-0.3, -0.25) is 0 Å². The number of hydrogen-bond donors (Lipinski definition) is 1. The fourth-order valence-corrected chi connectivity index (χ4v) is 4.88. The van der Waals surface area contributed by atoms with Crippen LogP contribution in [-0.4, -0.2) is 41.9 Å². The quantitative estimate of drug-likeness (QED) is 0.839. The second-order valence-electron chi connectivity index (χ2n) is 6.97. The summed E-state index contributed by atoms with van der Waals surface area (Å²) in [6.07, 6.45) is 4.49. The number of nitrogens with one attached hydrogen (secondary N) is 1. The zero-order chi connectivity index (χ0) is 18.0. The Bertz CT molecular complexity index is 818. The molecule has 3 rings (SSSR count). The van der Waals surface area contributed by atoms with Crippen LogP contribution in [0.15, 0.2) is 41.6 Å². The maximum atomic E-state index is 13.2. The van der Waals surface area contributed by atoms with Crippen LogP contribution in [0.4, 0.5) is 0 Å². The van der Waals surface area contributed by atoms with Crippen molar-refractivity contribution in [1.29, 1.82) is 0 Å². The lowest BCUT2D eigenvalue weighted by molar-refractivity contribution is 0.258. The minimum absolute atomic E-state index is 0. The van der Waals surface area contributed by atoms with Crippen molar-refractivity contribution < 1.29 is 8.42 Å². The highest BCUT2D eigenvalue weighted by Crippen LogP contribution is 2.28. The van der Waals surface area contributed by atoms with E-state index in [1.165, 1.54) is 0 Å². The first-order valence-corrected chi connectivity index (χ1v) is 10.1. The highest BCUT2D eigenvalue weighted by Gasteiger charge is 2.36. The highest BCUT2D eigenvalue weighted by molar-refractivity contribution is 7.89. The largest absolute Gasteiger partial charge is 0.337 e. The molecular weight excluding hydrogens is 372 g/mol. The molecule has 144 valence electrons. The van der Waals surface area contributed by atoms with Crippen molar-refractivity contribution in [3.63, 3.8) is 0 Å². The number of imidazole rings is 1. The zero-order valence-corrected chi connectivity index (χ0v) is 17.1. The SMILES string of the molecule is CC(C)Cc1ccc(S(=O)(=O)N2CCNCC2c2nccn2C)cc1.Cl. The van der Waals surface area contributed by atoms with Crippen molar-refractivity contribution in [2.45, 2.75) is 31.2 Å².